The Labute approximate surface area is 153 Å². The van der Waals surface area contributed by atoms with E-state index in [2.05, 4.69) is 5.32 Å². The maximum atomic E-state index is 12.7. The lowest BCUT2D eigenvalue weighted by Gasteiger charge is -2.32. The van der Waals surface area contributed by atoms with Gasteiger partial charge in [-0.1, -0.05) is 6.42 Å². The monoisotopic (exact) mass is 384 g/mol. The molecule has 0 saturated carbocycles. The molecule has 8 nitrogen and oxygen atoms in total. The number of benzene rings is 1. The summed E-state index contributed by atoms with van der Waals surface area (Å²) in [5.41, 5.74) is 0.328. The minimum atomic E-state index is -3.56. The van der Waals surface area contributed by atoms with Crippen molar-refractivity contribution in [2.75, 3.05) is 26.3 Å². The lowest BCUT2D eigenvalue weighted by molar-refractivity contribution is -0.142. The minimum Gasteiger partial charge on any atom is -0.480 e. The maximum Gasteiger partial charge on any atom is 0.329 e. The number of rotatable bonds is 8. The highest BCUT2D eigenvalue weighted by Gasteiger charge is 2.30. The predicted octanol–water partition coefficient (Wildman–Crippen LogP) is 1.08. The lowest BCUT2D eigenvalue weighted by atomic mass is 10.1. The van der Waals surface area contributed by atoms with E-state index in [4.69, 9.17) is 9.84 Å². The fourth-order valence-corrected chi connectivity index (χ4v) is 4.54. The Kier molecular flexibility index (Phi) is 7.13. The van der Waals surface area contributed by atoms with E-state index in [0.717, 1.165) is 19.3 Å². The van der Waals surface area contributed by atoms with Crippen molar-refractivity contribution in [3.63, 3.8) is 0 Å². The summed E-state index contributed by atoms with van der Waals surface area (Å²) in [7, 11) is -3.56. The SMILES string of the molecule is CC1CCCCN1S(=O)(=O)c1ccc(C(=O)NCCOCC(=O)O)cc1. The molecule has 1 aliphatic heterocycles. The zero-order chi connectivity index (χ0) is 19.2. The van der Waals surface area contributed by atoms with Gasteiger partial charge in [-0.3, -0.25) is 4.79 Å². The van der Waals surface area contributed by atoms with Crippen LogP contribution in [0.15, 0.2) is 29.2 Å². The molecule has 1 fully saturated rings. The Morgan fingerprint density at radius 3 is 2.58 bits per heavy atom. The van der Waals surface area contributed by atoms with Gasteiger partial charge in [-0.05, 0) is 44.0 Å². The minimum absolute atomic E-state index is 0.0254. The van der Waals surface area contributed by atoms with Crippen LogP contribution in [0.2, 0.25) is 0 Å². The summed E-state index contributed by atoms with van der Waals surface area (Å²) >= 11 is 0. The second-order valence-corrected chi connectivity index (χ2v) is 8.08. The van der Waals surface area contributed by atoms with Gasteiger partial charge < -0.3 is 15.2 Å². The second-order valence-electron chi connectivity index (χ2n) is 6.19. The van der Waals surface area contributed by atoms with Gasteiger partial charge >= 0.3 is 5.97 Å². The van der Waals surface area contributed by atoms with E-state index in [-0.39, 0.29) is 30.0 Å². The molecule has 0 bridgehead atoms. The van der Waals surface area contributed by atoms with Crippen LogP contribution in [0.4, 0.5) is 0 Å². The Hall–Kier alpha value is -1.97. The summed E-state index contributed by atoms with van der Waals surface area (Å²) in [6.45, 7) is 2.25. The first-order valence-electron chi connectivity index (χ1n) is 8.52. The van der Waals surface area contributed by atoms with Crippen LogP contribution >= 0.6 is 0 Å². The topological polar surface area (TPSA) is 113 Å². The van der Waals surface area contributed by atoms with E-state index in [9.17, 15) is 18.0 Å². The number of carbonyl (C=O) groups is 2. The first-order valence-corrected chi connectivity index (χ1v) is 9.96. The number of hydrogen-bond acceptors (Lipinski definition) is 5. The van der Waals surface area contributed by atoms with E-state index >= 15 is 0 Å². The number of nitrogens with zero attached hydrogens (tertiary/aromatic N) is 1. The highest BCUT2D eigenvalue weighted by Crippen LogP contribution is 2.25. The van der Waals surface area contributed by atoms with Crippen molar-refractivity contribution in [3.8, 4) is 0 Å². The Morgan fingerprint density at radius 1 is 1.27 bits per heavy atom. The lowest BCUT2D eigenvalue weighted by Crippen LogP contribution is -2.41. The van der Waals surface area contributed by atoms with Gasteiger partial charge in [0.1, 0.15) is 6.61 Å². The molecule has 26 heavy (non-hydrogen) atoms. The average molecular weight is 384 g/mol. The fraction of sp³-hybridized carbons (Fsp3) is 0.529. The highest BCUT2D eigenvalue weighted by atomic mass is 32.2. The molecule has 144 valence electrons. The van der Waals surface area contributed by atoms with Crippen molar-refractivity contribution in [1.29, 1.82) is 0 Å². The van der Waals surface area contributed by atoms with Gasteiger partial charge in [-0.15, -0.1) is 0 Å². The van der Waals surface area contributed by atoms with Crippen LogP contribution in [0.5, 0.6) is 0 Å². The molecule has 0 aliphatic carbocycles. The third kappa shape index (κ3) is 5.26. The molecule has 1 saturated heterocycles. The molecule has 1 heterocycles. The summed E-state index contributed by atoms with van der Waals surface area (Å²) in [5.74, 6) is -1.45. The molecule has 0 aromatic heterocycles. The van der Waals surface area contributed by atoms with Crippen LogP contribution in [-0.2, 0) is 19.6 Å². The number of hydrogen-bond donors (Lipinski definition) is 2. The van der Waals surface area contributed by atoms with E-state index < -0.39 is 22.6 Å². The summed E-state index contributed by atoms with van der Waals surface area (Å²) in [5, 5.41) is 11.0. The van der Waals surface area contributed by atoms with Gasteiger partial charge in [0.25, 0.3) is 5.91 Å². The number of carbonyl (C=O) groups excluding carboxylic acids is 1. The van der Waals surface area contributed by atoms with Crippen LogP contribution in [0.25, 0.3) is 0 Å². The van der Waals surface area contributed by atoms with E-state index in [1.807, 2.05) is 6.92 Å². The number of ether oxygens (including phenoxy) is 1. The van der Waals surface area contributed by atoms with Crippen LogP contribution in [0, 0.1) is 0 Å². The van der Waals surface area contributed by atoms with Crippen LogP contribution in [0.1, 0.15) is 36.5 Å². The number of carboxylic acids is 1. The third-order valence-electron chi connectivity index (χ3n) is 4.22. The van der Waals surface area contributed by atoms with E-state index in [0.29, 0.717) is 12.1 Å². The molecular weight excluding hydrogens is 360 g/mol. The number of piperidine rings is 1. The van der Waals surface area contributed by atoms with Gasteiger partial charge in [0.05, 0.1) is 11.5 Å². The average Bonchev–Trinajstić information content (AvgIpc) is 2.61. The van der Waals surface area contributed by atoms with Gasteiger partial charge in [0.2, 0.25) is 10.0 Å². The molecule has 0 spiro atoms. The molecule has 1 aromatic rings. The van der Waals surface area contributed by atoms with Crippen LogP contribution in [0.3, 0.4) is 0 Å². The van der Waals surface area contributed by atoms with E-state index in [1.54, 1.807) is 0 Å². The Bertz CT molecular complexity index is 732. The first kappa shape index (κ1) is 20.3. The van der Waals surface area contributed by atoms with Crippen molar-refractivity contribution in [3.05, 3.63) is 29.8 Å². The quantitative estimate of drug-likeness (QED) is 0.649. The molecule has 1 amide bonds. The van der Waals surface area contributed by atoms with E-state index in [1.165, 1.54) is 28.6 Å². The molecule has 1 aliphatic rings. The molecule has 0 radical (unpaired) electrons. The predicted molar refractivity (Wildman–Crippen MR) is 94.4 cm³/mol. The number of nitrogens with one attached hydrogen (secondary N) is 1. The highest BCUT2D eigenvalue weighted by molar-refractivity contribution is 7.89. The first-order chi connectivity index (χ1) is 12.3. The summed E-state index contributed by atoms with van der Waals surface area (Å²) in [6, 6.07) is 5.78. The smallest absolute Gasteiger partial charge is 0.329 e. The van der Waals surface area contributed by atoms with Gasteiger partial charge in [-0.25, -0.2) is 13.2 Å². The van der Waals surface area contributed by atoms with Gasteiger partial charge in [-0.2, -0.15) is 4.31 Å². The molecule has 2 rings (SSSR count). The summed E-state index contributed by atoms with van der Waals surface area (Å²) in [4.78, 5) is 22.5. The van der Waals surface area contributed by atoms with Crippen LogP contribution < -0.4 is 5.32 Å². The number of amides is 1. The summed E-state index contributed by atoms with van der Waals surface area (Å²) in [6.07, 6.45) is 2.74. The Balaban J connectivity index is 1.94. The zero-order valence-electron chi connectivity index (χ0n) is 14.7. The second kappa shape index (κ2) is 9.11. The standard InChI is InChI=1S/C17H24N2O6S/c1-13-4-2-3-10-19(13)26(23,24)15-7-5-14(6-8-15)17(22)18-9-11-25-12-16(20)21/h5-8,13H,2-4,9-12H2,1H3,(H,18,22)(H,20,21). The van der Waals surface area contributed by atoms with Crippen molar-refractivity contribution in [1.82, 2.24) is 9.62 Å². The summed E-state index contributed by atoms with van der Waals surface area (Å²) < 4.78 is 31.8. The Morgan fingerprint density at radius 2 is 1.96 bits per heavy atom. The maximum absolute atomic E-state index is 12.7. The largest absolute Gasteiger partial charge is 0.480 e. The number of carboxylic acid groups (broad SMARTS) is 1. The van der Waals surface area contributed by atoms with Gasteiger partial charge in [0, 0.05) is 24.7 Å². The van der Waals surface area contributed by atoms with Gasteiger partial charge in [0.15, 0.2) is 0 Å². The molecule has 1 aromatic carbocycles. The number of aliphatic carboxylic acids is 1. The molecule has 9 heteroatoms. The number of sulfonamides is 1. The molecule has 1 unspecified atom stereocenters. The van der Waals surface area contributed by atoms with Crippen LogP contribution in [-0.4, -0.2) is 62.1 Å². The fourth-order valence-electron chi connectivity index (χ4n) is 2.84. The zero-order valence-corrected chi connectivity index (χ0v) is 15.5. The third-order valence-corrected chi connectivity index (χ3v) is 6.25. The molecular formula is C17H24N2O6S. The van der Waals surface area contributed by atoms with Crippen molar-refractivity contribution >= 4 is 21.9 Å². The molecule has 2 N–H and O–H groups in total. The normalized spacial score (nSPS) is 18.4. The molecule has 1 atom stereocenters. The van der Waals surface area contributed by atoms with Crippen molar-refractivity contribution < 1.29 is 27.9 Å². The van der Waals surface area contributed by atoms with Crippen molar-refractivity contribution in [2.45, 2.75) is 37.1 Å². The van der Waals surface area contributed by atoms with Crippen molar-refractivity contribution in [2.24, 2.45) is 0 Å².